The van der Waals surface area contributed by atoms with Crippen molar-refractivity contribution in [3.05, 3.63) is 29.6 Å². The molecule has 1 radical (unpaired) electrons. The SMILES string of the molecule is O=C(O)c1cc(F)ccc1O.[Na]. The third-order valence-corrected chi connectivity index (χ3v) is 1.19. The van der Waals surface area contributed by atoms with Gasteiger partial charge in [0.05, 0.1) is 0 Å². The van der Waals surface area contributed by atoms with Gasteiger partial charge in [0, 0.05) is 29.6 Å². The number of aromatic hydroxyl groups is 1. The van der Waals surface area contributed by atoms with Gasteiger partial charge in [0.1, 0.15) is 17.1 Å². The van der Waals surface area contributed by atoms with Crippen LogP contribution in [0, 0.1) is 5.82 Å². The summed E-state index contributed by atoms with van der Waals surface area (Å²) in [6.07, 6.45) is 0. The minimum Gasteiger partial charge on any atom is -0.507 e. The van der Waals surface area contributed by atoms with Gasteiger partial charge in [-0.15, -0.1) is 0 Å². The monoisotopic (exact) mass is 179 g/mol. The van der Waals surface area contributed by atoms with Crippen molar-refractivity contribution in [1.82, 2.24) is 0 Å². The van der Waals surface area contributed by atoms with Crippen molar-refractivity contribution < 1.29 is 19.4 Å². The van der Waals surface area contributed by atoms with Crippen LogP contribution in [0.1, 0.15) is 10.4 Å². The van der Waals surface area contributed by atoms with Crippen molar-refractivity contribution in [1.29, 1.82) is 0 Å². The maximum atomic E-state index is 12.3. The Morgan fingerprint density at radius 1 is 1.42 bits per heavy atom. The fourth-order valence-corrected chi connectivity index (χ4v) is 0.680. The molecule has 1 aromatic rings. The van der Waals surface area contributed by atoms with E-state index in [1.807, 2.05) is 0 Å². The van der Waals surface area contributed by atoms with Crippen LogP contribution in [-0.2, 0) is 0 Å². The van der Waals surface area contributed by atoms with E-state index in [4.69, 9.17) is 10.2 Å². The molecule has 0 aliphatic carbocycles. The molecule has 0 fully saturated rings. The molecule has 0 saturated carbocycles. The second-order valence-electron chi connectivity index (χ2n) is 1.97. The molecule has 12 heavy (non-hydrogen) atoms. The van der Waals surface area contributed by atoms with Gasteiger partial charge >= 0.3 is 5.97 Å². The largest absolute Gasteiger partial charge is 0.507 e. The first-order chi connectivity index (χ1) is 5.11. The minimum atomic E-state index is -1.35. The van der Waals surface area contributed by atoms with E-state index in [9.17, 15) is 9.18 Å². The molecule has 1 aromatic carbocycles. The van der Waals surface area contributed by atoms with Crippen molar-refractivity contribution in [2.24, 2.45) is 0 Å². The molecule has 5 heteroatoms. The number of phenols is 1. The number of carbonyl (C=O) groups is 1. The fraction of sp³-hybridized carbons (Fsp3) is 0. The molecule has 0 unspecified atom stereocenters. The first kappa shape index (κ1) is 11.4. The van der Waals surface area contributed by atoms with Gasteiger partial charge < -0.3 is 10.2 Å². The van der Waals surface area contributed by atoms with E-state index in [-0.39, 0.29) is 29.6 Å². The summed E-state index contributed by atoms with van der Waals surface area (Å²) in [5.74, 6) is -2.46. The van der Waals surface area contributed by atoms with Crippen molar-refractivity contribution in [2.75, 3.05) is 0 Å². The molecule has 3 nitrogen and oxygen atoms in total. The molecule has 0 atom stereocenters. The van der Waals surface area contributed by atoms with Crippen LogP contribution in [-0.4, -0.2) is 45.7 Å². The molecule has 0 aliphatic heterocycles. The Bertz CT molecular complexity index is 301. The number of hydrogen-bond donors (Lipinski definition) is 2. The number of carboxylic acid groups (broad SMARTS) is 1. The Balaban J connectivity index is 0.00000121. The molecule has 0 aliphatic rings. The number of aromatic carboxylic acids is 1. The topological polar surface area (TPSA) is 57.5 Å². The minimum absolute atomic E-state index is 0. The third-order valence-electron chi connectivity index (χ3n) is 1.19. The van der Waals surface area contributed by atoms with Crippen molar-refractivity contribution in [3.8, 4) is 5.75 Å². The predicted octanol–water partition coefficient (Wildman–Crippen LogP) is 0.849. The van der Waals surface area contributed by atoms with E-state index >= 15 is 0 Å². The van der Waals surface area contributed by atoms with E-state index in [1.165, 1.54) is 0 Å². The fourth-order valence-electron chi connectivity index (χ4n) is 0.680. The van der Waals surface area contributed by atoms with Crippen LogP contribution >= 0.6 is 0 Å². The van der Waals surface area contributed by atoms with Crippen LogP contribution in [0.3, 0.4) is 0 Å². The van der Waals surface area contributed by atoms with Crippen molar-refractivity contribution in [3.63, 3.8) is 0 Å². The van der Waals surface area contributed by atoms with Gasteiger partial charge in [0.25, 0.3) is 0 Å². The first-order valence-corrected chi connectivity index (χ1v) is 2.83. The van der Waals surface area contributed by atoms with Crippen molar-refractivity contribution in [2.45, 2.75) is 0 Å². The molecule has 0 spiro atoms. The standard InChI is InChI=1S/C7H5FO3.Na/c8-4-1-2-6(9)5(3-4)7(10)11;/h1-3,9H,(H,10,11);. The maximum Gasteiger partial charge on any atom is 0.339 e. The maximum absolute atomic E-state index is 12.3. The first-order valence-electron chi connectivity index (χ1n) is 2.83. The summed E-state index contributed by atoms with van der Waals surface area (Å²) in [5, 5.41) is 17.2. The van der Waals surface area contributed by atoms with E-state index in [2.05, 4.69) is 0 Å². The quantitative estimate of drug-likeness (QED) is 0.628. The normalized spacial score (nSPS) is 8.75. The number of carboxylic acids is 1. The van der Waals surface area contributed by atoms with Crippen LogP contribution in [0.15, 0.2) is 18.2 Å². The summed E-state index contributed by atoms with van der Waals surface area (Å²) in [6.45, 7) is 0. The molecular weight excluding hydrogens is 174 g/mol. The zero-order valence-electron chi connectivity index (χ0n) is 6.41. The van der Waals surface area contributed by atoms with E-state index in [1.54, 1.807) is 0 Å². The number of benzene rings is 1. The zero-order valence-corrected chi connectivity index (χ0v) is 8.41. The van der Waals surface area contributed by atoms with Gasteiger partial charge in [-0.1, -0.05) is 0 Å². The zero-order chi connectivity index (χ0) is 8.43. The van der Waals surface area contributed by atoms with Crippen LogP contribution < -0.4 is 0 Å². The number of halogens is 1. The Kier molecular flexibility index (Phi) is 4.23. The summed E-state index contributed by atoms with van der Waals surface area (Å²) in [6, 6.07) is 2.75. The summed E-state index contributed by atoms with van der Waals surface area (Å²) < 4.78 is 12.3. The van der Waals surface area contributed by atoms with Crippen LogP contribution in [0.5, 0.6) is 5.75 Å². The smallest absolute Gasteiger partial charge is 0.339 e. The van der Waals surface area contributed by atoms with Gasteiger partial charge in [-0.3, -0.25) is 0 Å². The van der Waals surface area contributed by atoms with Crippen molar-refractivity contribution >= 4 is 35.5 Å². The molecule has 0 bridgehead atoms. The van der Waals surface area contributed by atoms with E-state index < -0.39 is 23.1 Å². The summed E-state index contributed by atoms with van der Waals surface area (Å²) >= 11 is 0. The molecule has 1 rings (SSSR count). The Morgan fingerprint density at radius 2 is 2.00 bits per heavy atom. The van der Waals surface area contributed by atoms with Gasteiger partial charge in [-0.25, -0.2) is 9.18 Å². The van der Waals surface area contributed by atoms with Crippen LogP contribution in [0.25, 0.3) is 0 Å². The third kappa shape index (κ3) is 2.48. The van der Waals surface area contributed by atoms with Crippen LogP contribution in [0.2, 0.25) is 0 Å². The number of hydrogen-bond acceptors (Lipinski definition) is 2. The van der Waals surface area contributed by atoms with Gasteiger partial charge in [0.2, 0.25) is 0 Å². The second-order valence-corrected chi connectivity index (χ2v) is 1.97. The molecule has 0 heterocycles. The summed E-state index contributed by atoms with van der Waals surface area (Å²) in [7, 11) is 0. The average Bonchev–Trinajstić information content (AvgIpc) is 1.94. The predicted molar refractivity (Wildman–Crippen MR) is 40.8 cm³/mol. The molecule has 0 amide bonds. The Labute approximate surface area is 90.1 Å². The van der Waals surface area contributed by atoms with E-state index in [0.29, 0.717) is 0 Å². The molecule has 59 valence electrons. The Morgan fingerprint density at radius 3 is 2.42 bits per heavy atom. The van der Waals surface area contributed by atoms with Crippen LogP contribution in [0.4, 0.5) is 4.39 Å². The summed E-state index contributed by atoms with van der Waals surface area (Å²) in [4.78, 5) is 10.2. The van der Waals surface area contributed by atoms with E-state index in [0.717, 1.165) is 18.2 Å². The molecule has 0 saturated heterocycles. The van der Waals surface area contributed by atoms with Gasteiger partial charge in [0.15, 0.2) is 0 Å². The molecular formula is C7H5FNaO3. The Hall–Kier alpha value is -0.580. The number of rotatable bonds is 1. The average molecular weight is 179 g/mol. The molecule has 0 aromatic heterocycles. The second kappa shape index (κ2) is 4.45. The van der Waals surface area contributed by atoms with Gasteiger partial charge in [-0.2, -0.15) is 0 Å². The summed E-state index contributed by atoms with van der Waals surface area (Å²) in [5.41, 5.74) is -0.426. The molecule has 2 N–H and O–H groups in total. The van der Waals surface area contributed by atoms with Gasteiger partial charge in [-0.05, 0) is 18.2 Å².